The molecule has 0 radical (unpaired) electrons. The van der Waals surface area contributed by atoms with Crippen LogP contribution in [0.5, 0.6) is 0 Å². The van der Waals surface area contributed by atoms with Crippen LogP contribution in [0.25, 0.3) is 6.08 Å². The Morgan fingerprint density at radius 3 is 2.64 bits per heavy atom. The summed E-state index contributed by atoms with van der Waals surface area (Å²) in [7, 11) is 0. The van der Waals surface area contributed by atoms with E-state index in [0.717, 1.165) is 18.2 Å². The highest BCUT2D eigenvalue weighted by Gasteiger charge is 2.07. The summed E-state index contributed by atoms with van der Waals surface area (Å²) in [4.78, 5) is 21.7. The molecule has 2 aromatic rings. The Morgan fingerprint density at radius 1 is 1.18 bits per heavy atom. The number of nitro groups is 1. The minimum absolute atomic E-state index is 0.105. The predicted molar refractivity (Wildman–Crippen MR) is 77.1 cm³/mol. The van der Waals surface area contributed by atoms with Gasteiger partial charge in [-0.15, -0.1) is 0 Å². The molecule has 112 valence electrons. The summed E-state index contributed by atoms with van der Waals surface area (Å²) in [5.41, 5.74) is 0.186. The molecule has 0 aromatic heterocycles. The molecule has 22 heavy (non-hydrogen) atoms. The molecule has 0 fully saturated rings. The molecule has 0 aliphatic rings. The molecule has 0 saturated heterocycles. The van der Waals surface area contributed by atoms with Crippen molar-refractivity contribution in [3.05, 3.63) is 75.9 Å². The lowest BCUT2D eigenvalue weighted by molar-refractivity contribution is -0.384. The molecule has 0 heterocycles. The molecule has 0 aliphatic carbocycles. The van der Waals surface area contributed by atoms with Gasteiger partial charge in [0.2, 0.25) is 5.91 Å². The number of halogens is 2. The molecule has 1 amide bonds. The van der Waals surface area contributed by atoms with Gasteiger partial charge in [0, 0.05) is 24.3 Å². The average molecular weight is 304 g/mol. The maximum absolute atomic E-state index is 13.4. The number of hydrogen-bond acceptors (Lipinski definition) is 3. The van der Waals surface area contributed by atoms with Crippen LogP contribution in [0.2, 0.25) is 0 Å². The number of rotatable bonds is 4. The van der Waals surface area contributed by atoms with Gasteiger partial charge in [-0.2, -0.15) is 0 Å². The van der Waals surface area contributed by atoms with Crippen molar-refractivity contribution in [2.45, 2.75) is 0 Å². The van der Waals surface area contributed by atoms with E-state index in [9.17, 15) is 23.7 Å². The van der Waals surface area contributed by atoms with Crippen LogP contribution in [-0.2, 0) is 4.79 Å². The molecule has 0 spiro atoms. The summed E-state index contributed by atoms with van der Waals surface area (Å²) < 4.78 is 26.1. The van der Waals surface area contributed by atoms with Crippen molar-refractivity contribution in [3.8, 4) is 0 Å². The minimum atomic E-state index is -0.892. The van der Waals surface area contributed by atoms with E-state index in [-0.39, 0.29) is 11.4 Å². The quantitative estimate of drug-likeness (QED) is 0.533. The Labute approximate surface area is 124 Å². The van der Waals surface area contributed by atoms with Gasteiger partial charge in [-0.3, -0.25) is 14.9 Å². The predicted octanol–water partition coefficient (Wildman–Crippen LogP) is 3.52. The molecule has 0 aliphatic heterocycles. The highest BCUT2D eigenvalue weighted by atomic mass is 19.1. The smallest absolute Gasteiger partial charge is 0.270 e. The van der Waals surface area contributed by atoms with E-state index in [4.69, 9.17) is 0 Å². The maximum atomic E-state index is 13.4. The topological polar surface area (TPSA) is 72.2 Å². The number of nitro benzene ring substituents is 1. The summed E-state index contributed by atoms with van der Waals surface area (Å²) in [5.74, 6) is -2.28. The number of carbonyl (C=O) groups is 1. The number of benzene rings is 2. The van der Waals surface area contributed by atoms with Gasteiger partial charge >= 0.3 is 0 Å². The van der Waals surface area contributed by atoms with Crippen LogP contribution in [0, 0.1) is 21.7 Å². The van der Waals surface area contributed by atoms with Crippen LogP contribution in [0.1, 0.15) is 5.56 Å². The van der Waals surface area contributed by atoms with Crippen LogP contribution in [-0.4, -0.2) is 10.8 Å². The summed E-state index contributed by atoms with van der Waals surface area (Å²) in [6, 6.07) is 8.45. The van der Waals surface area contributed by atoms with Crippen molar-refractivity contribution >= 4 is 23.4 Å². The monoisotopic (exact) mass is 304 g/mol. The van der Waals surface area contributed by atoms with E-state index >= 15 is 0 Å². The van der Waals surface area contributed by atoms with Gasteiger partial charge in [-0.05, 0) is 23.8 Å². The number of nitrogens with zero attached hydrogens (tertiary/aromatic N) is 1. The van der Waals surface area contributed by atoms with Crippen LogP contribution in [0.3, 0.4) is 0 Å². The fourth-order valence-electron chi connectivity index (χ4n) is 1.68. The van der Waals surface area contributed by atoms with Gasteiger partial charge in [0.05, 0.1) is 10.6 Å². The second-order valence-electron chi connectivity index (χ2n) is 4.30. The second-order valence-corrected chi connectivity index (χ2v) is 4.30. The van der Waals surface area contributed by atoms with E-state index in [1.165, 1.54) is 24.3 Å². The first-order valence-electron chi connectivity index (χ1n) is 6.14. The third-order valence-corrected chi connectivity index (χ3v) is 2.70. The van der Waals surface area contributed by atoms with Crippen LogP contribution >= 0.6 is 0 Å². The van der Waals surface area contributed by atoms with Gasteiger partial charge in [0.1, 0.15) is 11.6 Å². The van der Waals surface area contributed by atoms with E-state index in [1.54, 1.807) is 6.07 Å². The largest absolute Gasteiger partial charge is 0.320 e. The Balaban J connectivity index is 2.08. The summed E-state index contributed by atoms with van der Waals surface area (Å²) in [6.07, 6.45) is 2.45. The van der Waals surface area contributed by atoms with Crippen molar-refractivity contribution in [1.29, 1.82) is 0 Å². The van der Waals surface area contributed by atoms with Gasteiger partial charge in [-0.25, -0.2) is 8.78 Å². The molecule has 0 unspecified atom stereocenters. The fourth-order valence-corrected chi connectivity index (χ4v) is 1.68. The first-order chi connectivity index (χ1) is 10.5. The lowest BCUT2D eigenvalue weighted by atomic mass is 10.2. The van der Waals surface area contributed by atoms with Gasteiger partial charge in [0.25, 0.3) is 5.69 Å². The number of hydrogen-bond donors (Lipinski definition) is 1. The normalized spacial score (nSPS) is 10.6. The van der Waals surface area contributed by atoms with E-state index in [2.05, 4.69) is 5.32 Å². The third-order valence-electron chi connectivity index (χ3n) is 2.70. The van der Waals surface area contributed by atoms with Gasteiger partial charge in [0.15, 0.2) is 0 Å². The number of anilines is 1. The molecule has 2 rings (SSSR count). The van der Waals surface area contributed by atoms with Gasteiger partial charge < -0.3 is 5.32 Å². The van der Waals surface area contributed by atoms with Crippen molar-refractivity contribution in [2.24, 2.45) is 0 Å². The zero-order valence-electron chi connectivity index (χ0n) is 11.1. The van der Waals surface area contributed by atoms with Crippen molar-refractivity contribution < 1.29 is 18.5 Å². The van der Waals surface area contributed by atoms with Crippen LogP contribution < -0.4 is 5.32 Å². The van der Waals surface area contributed by atoms with E-state index < -0.39 is 22.5 Å². The zero-order valence-corrected chi connectivity index (χ0v) is 11.1. The van der Waals surface area contributed by atoms with Crippen molar-refractivity contribution in [2.75, 3.05) is 5.32 Å². The molecular formula is C15H10F2N2O3. The SMILES string of the molecule is O=C(/C=C\c1cccc([N+](=O)[O-])c1)Nc1ccc(F)cc1F. The summed E-state index contributed by atoms with van der Waals surface area (Å²) in [6.45, 7) is 0. The molecule has 0 saturated carbocycles. The number of nitrogens with one attached hydrogen (secondary N) is 1. The highest BCUT2D eigenvalue weighted by molar-refractivity contribution is 6.02. The minimum Gasteiger partial charge on any atom is -0.320 e. The number of carbonyl (C=O) groups excluding carboxylic acids is 1. The van der Waals surface area contributed by atoms with E-state index in [1.807, 2.05) is 0 Å². The summed E-state index contributed by atoms with van der Waals surface area (Å²) >= 11 is 0. The molecule has 1 N–H and O–H groups in total. The lowest BCUT2D eigenvalue weighted by Gasteiger charge is -2.03. The Morgan fingerprint density at radius 2 is 1.95 bits per heavy atom. The molecule has 5 nitrogen and oxygen atoms in total. The zero-order chi connectivity index (χ0) is 16.1. The van der Waals surface area contributed by atoms with Crippen LogP contribution in [0.4, 0.5) is 20.2 Å². The Hall–Kier alpha value is -3.09. The first kappa shape index (κ1) is 15.3. The molecule has 2 aromatic carbocycles. The standard InChI is InChI=1S/C15H10F2N2O3/c16-11-5-6-14(13(17)9-11)18-15(20)7-4-10-2-1-3-12(8-10)19(21)22/h1-9H,(H,18,20)/b7-4-. The van der Waals surface area contributed by atoms with Crippen LogP contribution in [0.15, 0.2) is 48.5 Å². The van der Waals surface area contributed by atoms with Gasteiger partial charge in [-0.1, -0.05) is 12.1 Å². The molecule has 0 atom stereocenters. The highest BCUT2D eigenvalue weighted by Crippen LogP contribution is 2.16. The fraction of sp³-hybridized carbons (Fsp3) is 0. The van der Waals surface area contributed by atoms with Crippen molar-refractivity contribution in [1.82, 2.24) is 0 Å². The summed E-state index contributed by atoms with van der Waals surface area (Å²) in [5, 5.41) is 12.9. The Kier molecular flexibility index (Phi) is 4.57. The second kappa shape index (κ2) is 6.57. The number of non-ortho nitro benzene ring substituents is 1. The first-order valence-corrected chi connectivity index (χ1v) is 6.14. The Bertz CT molecular complexity index is 760. The number of amides is 1. The van der Waals surface area contributed by atoms with Crippen molar-refractivity contribution in [3.63, 3.8) is 0 Å². The molecular weight excluding hydrogens is 294 g/mol. The average Bonchev–Trinajstić information content (AvgIpc) is 2.48. The molecule has 7 heteroatoms. The maximum Gasteiger partial charge on any atom is 0.270 e. The third kappa shape index (κ3) is 3.95. The molecule has 0 bridgehead atoms. The van der Waals surface area contributed by atoms with E-state index in [0.29, 0.717) is 11.6 Å². The lowest BCUT2D eigenvalue weighted by Crippen LogP contribution is -2.09.